The number of amides is 1. The van der Waals surface area contributed by atoms with Crippen LogP contribution in [-0.4, -0.2) is 27.7 Å². The van der Waals surface area contributed by atoms with E-state index in [1.807, 2.05) is 32.0 Å². The summed E-state index contributed by atoms with van der Waals surface area (Å²) in [6.45, 7) is 4.04. The van der Waals surface area contributed by atoms with E-state index in [0.717, 1.165) is 29.6 Å². The number of nitrogens with zero attached hydrogens (tertiary/aromatic N) is 1. The van der Waals surface area contributed by atoms with Crippen molar-refractivity contribution in [3.8, 4) is 5.75 Å². The Kier molecular flexibility index (Phi) is 8.70. The van der Waals surface area contributed by atoms with Gasteiger partial charge in [-0.25, -0.2) is 8.42 Å². The van der Waals surface area contributed by atoms with Gasteiger partial charge in [0.15, 0.2) is 0 Å². The van der Waals surface area contributed by atoms with Crippen LogP contribution in [0.15, 0.2) is 60.7 Å². The Labute approximate surface area is 216 Å². The van der Waals surface area contributed by atoms with Crippen LogP contribution in [-0.2, 0) is 16.6 Å². The van der Waals surface area contributed by atoms with Crippen LogP contribution < -0.4 is 14.4 Å². The number of anilines is 1. The Morgan fingerprint density at radius 2 is 1.66 bits per heavy atom. The van der Waals surface area contributed by atoms with Crippen molar-refractivity contribution in [3.05, 3.63) is 93.0 Å². The number of sulfonamides is 1. The molecule has 1 unspecified atom stereocenters. The minimum atomic E-state index is -3.61. The molecule has 0 bridgehead atoms. The largest absolute Gasteiger partial charge is 0.496 e. The zero-order valence-electron chi connectivity index (χ0n) is 20.0. The van der Waals surface area contributed by atoms with Gasteiger partial charge in [0.2, 0.25) is 10.0 Å². The number of carbonyl (C=O) groups excluding carboxylic acids is 1. The summed E-state index contributed by atoms with van der Waals surface area (Å²) in [4.78, 5) is 12.9. The van der Waals surface area contributed by atoms with Gasteiger partial charge < -0.3 is 10.1 Å². The van der Waals surface area contributed by atoms with Crippen molar-refractivity contribution in [2.24, 2.45) is 0 Å². The molecule has 0 aliphatic rings. The molecule has 35 heavy (non-hydrogen) atoms. The summed E-state index contributed by atoms with van der Waals surface area (Å²) in [7, 11) is -1.98. The molecule has 3 aromatic carbocycles. The van der Waals surface area contributed by atoms with E-state index in [0.29, 0.717) is 26.9 Å². The van der Waals surface area contributed by atoms with Crippen LogP contribution in [0.5, 0.6) is 5.75 Å². The van der Waals surface area contributed by atoms with Crippen LogP contribution >= 0.6 is 23.2 Å². The van der Waals surface area contributed by atoms with Crippen LogP contribution in [0, 0.1) is 6.92 Å². The fraction of sp³-hybridized carbons (Fsp3) is 0.269. The first-order chi connectivity index (χ1) is 16.5. The second kappa shape index (κ2) is 11.3. The molecule has 1 amide bonds. The summed E-state index contributed by atoms with van der Waals surface area (Å²) in [6.07, 6.45) is 1.84. The number of rotatable bonds is 9. The van der Waals surface area contributed by atoms with Gasteiger partial charge in [-0.05, 0) is 66.4 Å². The van der Waals surface area contributed by atoms with E-state index in [1.54, 1.807) is 43.5 Å². The Bertz CT molecular complexity index is 1290. The number of benzene rings is 3. The van der Waals surface area contributed by atoms with E-state index < -0.39 is 10.0 Å². The molecular formula is C26H28Cl2N2O4S. The molecule has 6 nitrogen and oxygen atoms in total. The SMILES string of the molecule is CCC(NC(=O)c1ccc(CN(c2cc(Cl)cc(Cl)c2)S(C)(=O)=O)cc1)c1ccc(OC)c(C)c1. The minimum Gasteiger partial charge on any atom is -0.496 e. The topological polar surface area (TPSA) is 75.7 Å². The van der Waals surface area contributed by atoms with Crippen molar-refractivity contribution in [2.45, 2.75) is 32.9 Å². The Morgan fingerprint density at radius 3 is 2.17 bits per heavy atom. The van der Waals surface area contributed by atoms with E-state index >= 15 is 0 Å². The molecule has 9 heteroatoms. The summed E-state index contributed by atoms with van der Waals surface area (Å²) in [6, 6.07) is 17.2. The third kappa shape index (κ3) is 6.90. The quantitative estimate of drug-likeness (QED) is 0.356. The Morgan fingerprint density at radius 1 is 1.03 bits per heavy atom. The summed E-state index contributed by atoms with van der Waals surface area (Å²) in [5.41, 5.74) is 3.56. The van der Waals surface area contributed by atoms with E-state index in [-0.39, 0.29) is 18.5 Å². The maximum atomic E-state index is 12.9. The van der Waals surface area contributed by atoms with Crippen molar-refractivity contribution in [1.29, 1.82) is 0 Å². The normalized spacial score (nSPS) is 12.2. The minimum absolute atomic E-state index is 0.0696. The number of ether oxygens (including phenoxy) is 1. The van der Waals surface area contributed by atoms with Crippen LogP contribution in [0.1, 0.15) is 46.4 Å². The molecule has 0 aliphatic heterocycles. The number of nitrogens with one attached hydrogen (secondary N) is 1. The van der Waals surface area contributed by atoms with Crippen LogP contribution in [0.25, 0.3) is 0 Å². The molecule has 0 aromatic heterocycles. The van der Waals surface area contributed by atoms with E-state index in [1.165, 1.54) is 10.4 Å². The molecule has 1 N–H and O–H groups in total. The summed E-state index contributed by atoms with van der Waals surface area (Å²) in [5, 5.41) is 3.75. The van der Waals surface area contributed by atoms with E-state index in [2.05, 4.69) is 5.32 Å². The second-order valence-electron chi connectivity index (χ2n) is 8.26. The lowest BCUT2D eigenvalue weighted by atomic mass is 10.0. The number of halogens is 2. The zero-order chi connectivity index (χ0) is 25.8. The van der Waals surface area contributed by atoms with Gasteiger partial charge in [-0.2, -0.15) is 0 Å². The number of methoxy groups -OCH3 is 1. The van der Waals surface area contributed by atoms with Gasteiger partial charge in [0.1, 0.15) is 5.75 Å². The fourth-order valence-electron chi connectivity index (χ4n) is 3.79. The van der Waals surface area contributed by atoms with Gasteiger partial charge in [0.25, 0.3) is 5.91 Å². The average Bonchev–Trinajstić information content (AvgIpc) is 2.79. The molecule has 0 spiro atoms. The number of aryl methyl sites for hydroxylation is 1. The first-order valence-corrected chi connectivity index (χ1v) is 13.6. The average molecular weight is 535 g/mol. The van der Waals surface area contributed by atoms with Gasteiger partial charge in [0, 0.05) is 15.6 Å². The number of hydrogen-bond acceptors (Lipinski definition) is 4. The van der Waals surface area contributed by atoms with Crippen LogP contribution in [0.2, 0.25) is 10.0 Å². The van der Waals surface area contributed by atoms with Crippen molar-refractivity contribution >= 4 is 44.8 Å². The third-order valence-electron chi connectivity index (χ3n) is 5.61. The van der Waals surface area contributed by atoms with Crippen molar-refractivity contribution in [1.82, 2.24) is 5.32 Å². The predicted octanol–water partition coefficient (Wildman–Crippen LogP) is 6.16. The molecule has 0 saturated carbocycles. The molecule has 0 heterocycles. The predicted molar refractivity (Wildman–Crippen MR) is 142 cm³/mol. The monoisotopic (exact) mass is 534 g/mol. The lowest BCUT2D eigenvalue weighted by Crippen LogP contribution is -2.29. The third-order valence-corrected chi connectivity index (χ3v) is 7.19. The molecule has 0 saturated heterocycles. The summed E-state index contributed by atoms with van der Waals surface area (Å²) in [5.74, 6) is 0.590. The second-order valence-corrected chi connectivity index (χ2v) is 11.0. The molecular weight excluding hydrogens is 507 g/mol. The van der Waals surface area contributed by atoms with Gasteiger partial charge in [0.05, 0.1) is 31.6 Å². The van der Waals surface area contributed by atoms with Gasteiger partial charge in [-0.3, -0.25) is 9.10 Å². The highest BCUT2D eigenvalue weighted by Gasteiger charge is 2.20. The van der Waals surface area contributed by atoms with Gasteiger partial charge in [-0.15, -0.1) is 0 Å². The van der Waals surface area contributed by atoms with Crippen molar-refractivity contribution < 1.29 is 17.9 Å². The molecule has 3 rings (SSSR count). The van der Waals surface area contributed by atoms with Gasteiger partial charge in [-0.1, -0.05) is 54.4 Å². The number of hydrogen-bond donors (Lipinski definition) is 1. The van der Waals surface area contributed by atoms with E-state index in [9.17, 15) is 13.2 Å². The highest BCUT2D eigenvalue weighted by molar-refractivity contribution is 7.92. The maximum Gasteiger partial charge on any atom is 0.251 e. The lowest BCUT2D eigenvalue weighted by Gasteiger charge is -2.23. The maximum absolute atomic E-state index is 12.9. The first kappa shape index (κ1) is 26.9. The summed E-state index contributed by atoms with van der Waals surface area (Å²) < 4.78 is 31.5. The molecule has 3 aromatic rings. The van der Waals surface area contributed by atoms with Crippen LogP contribution in [0.4, 0.5) is 5.69 Å². The van der Waals surface area contributed by atoms with Crippen molar-refractivity contribution in [2.75, 3.05) is 17.7 Å². The number of carbonyl (C=O) groups is 1. The molecule has 186 valence electrons. The highest BCUT2D eigenvalue weighted by atomic mass is 35.5. The Balaban J connectivity index is 1.76. The van der Waals surface area contributed by atoms with Crippen molar-refractivity contribution in [3.63, 3.8) is 0 Å². The van der Waals surface area contributed by atoms with Crippen LogP contribution in [0.3, 0.4) is 0 Å². The lowest BCUT2D eigenvalue weighted by molar-refractivity contribution is 0.0935. The molecule has 0 aliphatic carbocycles. The van der Waals surface area contributed by atoms with E-state index in [4.69, 9.17) is 27.9 Å². The smallest absolute Gasteiger partial charge is 0.251 e. The molecule has 0 radical (unpaired) electrons. The Hall–Kier alpha value is -2.74. The zero-order valence-corrected chi connectivity index (χ0v) is 22.3. The molecule has 0 fully saturated rings. The summed E-state index contributed by atoms with van der Waals surface area (Å²) >= 11 is 12.1. The van der Waals surface area contributed by atoms with Gasteiger partial charge >= 0.3 is 0 Å². The first-order valence-electron chi connectivity index (χ1n) is 11.0. The molecule has 1 atom stereocenters. The highest BCUT2D eigenvalue weighted by Crippen LogP contribution is 2.29. The fourth-order valence-corrected chi connectivity index (χ4v) is 5.18. The standard InChI is InChI=1S/C26H28Cl2N2O4S/c1-5-24(20-10-11-25(34-3)17(2)12-20)29-26(31)19-8-6-18(7-9-19)16-30(35(4,32)33)23-14-21(27)13-22(28)15-23/h6-15,24H,5,16H2,1-4H3,(H,29,31).